The molecule has 20 heavy (non-hydrogen) atoms. The molecule has 6 heteroatoms. The van der Waals surface area contributed by atoms with Crippen LogP contribution in [0.3, 0.4) is 0 Å². The van der Waals surface area contributed by atoms with Gasteiger partial charge in [-0.2, -0.15) is 0 Å². The van der Waals surface area contributed by atoms with Crippen LogP contribution in [0.5, 0.6) is 0 Å². The van der Waals surface area contributed by atoms with Crippen molar-refractivity contribution in [1.29, 1.82) is 0 Å². The zero-order valence-corrected chi connectivity index (χ0v) is 12.1. The van der Waals surface area contributed by atoms with Gasteiger partial charge < -0.3 is 10.2 Å². The fourth-order valence-corrected chi connectivity index (χ4v) is 2.96. The van der Waals surface area contributed by atoms with Crippen LogP contribution in [-0.2, 0) is 28.9 Å². The van der Waals surface area contributed by atoms with Crippen molar-refractivity contribution < 1.29 is 12.8 Å². The Morgan fingerprint density at radius 1 is 1.20 bits per heavy atom. The molecule has 0 bridgehead atoms. The molecule has 0 aliphatic rings. The number of rotatable bonds is 6. The Kier molecular flexibility index (Phi) is 4.59. The van der Waals surface area contributed by atoms with Gasteiger partial charge in [0.15, 0.2) is 0 Å². The number of benzene rings is 1. The van der Waals surface area contributed by atoms with E-state index in [1.165, 1.54) is 0 Å². The van der Waals surface area contributed by atoms with E-state index < -0.39 is 10.0 Å². The van der Waals surface area contributed by atoms with Gasteiger partial charge in [0.05, 0.1) is 12.3 Å². The molecule has 0 aliphatic carbocycles. The van der Waals surface area contributed by atoms with Gasteiger partial charge in [0.25, 0.3) is 0 Å². The highest BCUT2D eigenvalue weighted by Gasteiger charge is 2.12. The first-order valence-corrected chi connectivity index (χ1v) is 7.94. The van der Waals surface area contributed by atoms with Crippen LogP contribution < -0.4 is 10.5 Å². The lowest BCUT2D eigenvalue weighted by atomic mass is 10.1. The molecule has 108 valence electrons. The molecule has 0 amide bonds. The zero-order chi connectivity index (χ0) is 14.6. The summed E-state index contributed by atoms with van der Waals surface area (Å²) >= 11 is 0. The largest absolute Gasteiger partial charge is 0.465 e. The monoisotopic (exact) mass is 294 g/mol. The number of hydrogen-bond acceptors (Lipinski definition) is 4. The summed E-state index contributed by atoms with van der Waals surface area (Å²) in [6.45, 7) is 2.37. The van der Waals surface area contributed by atoms with Crippen molar-refractivity contribution in [3.8, 4) is 0 Å². The van der Waals surface area contributed by atoms with Crippen LogP contribution >= 0.6 is 0 Å². The van der Waals surface area contributed by atoms with E-state index in [2.05, 4.69) is 4.72 Å². The predicted octanol–water partition coefficient (Wildman–Crippen LogP) is 1.67. The molecular formula is C14H18N2O3S. The molecule has 0 spiro atoms. The van der Waals surface area contributed by atoms with Gasteiger partial charge >= 0.3 is 0 Å². The van der Waals surface area contributed by atoms with Gasteiger partial charge in [-0.3, -0.25) is 0 Å². The average Bonchev–Trinajstić information content (AvgIpc) is 2.82. The lowest BCUT2D eigenvalue weighted by molar-refractivity contribution is 0.475. The molecule has 5 nitrogen and oxygen atoms in total. The summed E-state index contributed by atoms with van der Waals surface area (Å²) in [5, 5.41) is 0. The SMILES string of the molecule is Cc1ccc(CNS(=O)(=O)Cc2cccc(CN)c2)o1. The smallest absolute Gasteiger partial charge is 0.216 e. The lowest BCUT2D eigenvalue weighted by Gasteiger charge is -2.06. The maximum absolute atomic E-state index is 12.0. The Hall–Kier alpha value is -1.63. The third kappa shape index (κ3) is 4.19. The molecule has 2 aromatic rings. The molecule has 1 aromatic carbocycles. The third-order valence-electron chi connectivity index (χ3n) is 2.85. The highest BCUT2D eigenvalue weighted by atomic mass is 32.2. The van der Waals surface area contributed by atoms with E-state index in [0.717, 1.165) is 16.9 Å². The molecule has 1 aromatic heterocycles. The first-order valence-electron chi connectivity index (χ1n) is 6.29. The van der Waals surface area contributed by atoms with E-state index in [-0.39, 0.29) is 12.3 Å². The molecule has 0 saturated carbocycles. The van der Waals surface area contributed by atoms with Crippen LogP contribution in [0.15, 0.2) is 40.8 Å². The summed E-state index contributed by atoms with van der Waals surface area (Å²) in [7, 11) is -3.40. The van der Waals surface area contributed by atoms with Crippen LogP contribution in [0.1, 0.15) is 22.6 Å². The second kappa shape index (κ2) is 6.21. The zero-order valence-electron chi connectivity index (χ0n) is 11.3. The van der Waals surface area contributed by atoms with Crippen LogP contribution in [0.4, 0.5) is 0 Å². The number of hydrogen-bond donors (Lipinski definition) is 2. The van der Waals surface area contributed by atoms with E-state index in [9.17, 15) is 8.42 Å². The molecule has 0 saturated heterocycles. The number of sulfonamides is 1. The molecule has 3 N–H and O–H groups in total. The van der Waals surface area contributed by atoms with Gasteiger partial charge in [0.2, 0.25) is 10.0 Å². The normalized spacial score (nSPS) is 11.7. The summed E-state index contributed by atoms with van der Waals surface area (Å²) in [5.74, 6) is 1.29. The molecule has 1 heterocycles. The van der Waals surface area contributed by atoms with E-state index in [1.807, 2.05) is 19.1 Å². The van der Waals surface area contributed by atoms with Crippen molar-refractivity contribution in [2.75, 3.05) is 0 Å². The predicted molar refractivity (Wildman–Crippen MR) is 77.2 cm³/mol. The first-order chi connectivity index (χ1) is 9.48. The van der Waals surface area contributed by atoms with Gasteiger partial charge in [-0.05, 0) is 30.2 Å². The van der Waals surface area contributed by atoms with Gasteiger partial charge in [0.1, 0.15) is 11.5 Å². The molecular weight excluding hydrogens is 276 g/mol. The third-order valence-corrected chi connectivity index (χ3v) is 4.14. The topological polar surface area (TPSA) is 85.3 Å². The number of nitrogens with one attached hydrogen (secondary N) is 1. The fraction of sp³-hybridized carbons (Fsp3) is 0.286. The molecule has 0 radical (unpaired) electrons. The van der Waals surface area contributed by atoms with E-state index in [1.54, 1.807) is 24.3 Å². The van der Waals surface area contributed by atoms with E-state index in [0.29, 0.717) is 12.3 Å². The van der Waals surface area contributed by atoms with Crippen molar-refractivity contribution in [3.05, 3.63) is 59.0 Å². The first kappa shape index (κ1) is 14.8. The molecule has 0 aliphatic heterocycles. The van der Waals surface area contributed by atoms with Crippen molar-refractivity contribution in [2.45, 2.75) is 25.8 Å². The molecule has 0 unspecified atom stereocenters. The second-order valence-electron chi connectivity index (χ2n) is 4.62. The Bertz CT molecular complexity index is 677. The molecule has 2 rings (SSSR count). The van der Waals surface area contributed by atoms with Crippen molar-refractivity contribution in [3.63, 3.8) is 0 Å². The number of aryl methyl sites for hydroxylation is 1. The van der Waals surface area contributed by atoms with Crippen LogP contribution in [0.2, 0.25) is 0 Å². The summed E-state index contributed by atoms with van der Waals surface area (Å²) in [4.78, 5) is 0. The van der Waals surface area contributed by atoms with E-state index in [4.69, 9.17) is 10.2 Å². The minimum absolute atomic E-state index is 0.0689. The highest BCUT2D eigenvalue weighted by molar-refractivity contribution is 7.88. The molecule has 0 atom stereocenters. The van der Waals surface area contributed by atoms with Crippen LogP contribution in [-0.4, -0.2) is 8.42 Å². The van der Waals surface area contributed by atoms with Crippen molar-refractivity contribution >= 4 is 10.0 Å². The standard InChI is InChI=1S/C14H18N2O3S/c1-11-5-6-14(19-11)9-16-20(17,18)10-13-4-2-3-12(7-13)8-15/h2-7,16H,8-10,15H2,1H3. The minimum atomic E-state index is -3.40. The van der Waals surface area contributed by atoms with Crippen molar-refractivity contribution in [2.24, 2.45) is 5.73 Å². The Labute approximate surface area is 118 Å². The van der Waals surface area contributed by atoms with Gasteiger partial charge in [0, 0.05) is 6.54 Å². The fourth-order valence-electron chi connectivity index (χ4n) is 1.88. The summed E-state index contributed by atoms with van der Waals surface area (Å²) in [5.41, 5.74) is 7.18. The van der Waals surface area contributed by atoms with E-state index >= 15 is 0 Å². The van der Waals surface area contributed by atoms with Crippen molar-refractivity contribution in [1.82, 2.24) is 4.72 Å². The van der Waals surface area contributed by atoms with Crippen LogP contribution in [0.25, 0.3) is 0 Å². The Morgan fingerprint density at radius 2 is 1.95 bits per heavy atom. The van der Waals surface area contributed by atoms with Gasteiger partial charge in [-0.1, -0.05) is 24.3 Å². The number of furan rings is 1. The Morgan fingerprint density at radius 3 is 2.60 bits per heavy atom. The quantitative estimate of drug-likeness (QED) is 0.848. The minimum Gasteiger partial charge on any atom is -0.465 e. The average molecular weight is 294 g/mol. The second-order valence-corrected chi connectivity index (χ2v) is 6.42. The summed E-state index contributed by atoms with van der Waals surface area (Å²) < 4.78 is 31.8. The maximum Gasteiger partial charge on any atom is 0.216 e. The van der Waals surface area contributed by atoms with Crippen LogP contribution in [0, 0.1) is 6.92 Å². The summed E-state index contributed by atoms with van der Waals surface area (Å²) in [6, 6.07) is 10.8. The van der Waals surface area contributed by atoms with Gasteiger partial charge in [-0.25, -0.2) is 13.1 Å². The molecule has 0 fully saturated rings. The highest BCUT2D eigenvalue weighted by Crippen LogP contribution is 2.10. The Balaban J connectivity index is 1.99. The lowest BCUT2D eigenvalue weighted by Crippen LogP contribution is -2.24. The van der Waals surface area contributed by atoms with Gasteiger partial charge in [-0.15, -0.1) is 0 Å². The number of nitrogens with two attached hydrogens (primary N) is 1. The summed E-state index contributed by atoms with van der Waals surface area (Å²) in [6.07, 6.45) is 0. The maximum atomic E-state index is 12.0.